The molecule has 7 heteroatoms. The molecule has 1 heterocycles. The van der Waals surface area contributed by atoms with E-state index >= 15 is 0 Å². The van der Waals surface area contributed by atoms with E-state index < -0.39 is 0 Å². The number of aryl methyl sites for hydroxylation is 2. The molecule has 7 nitrogen and oxygen atoms in total. The maximum Gasteiger partial charge on any atom is 0.176 e. The van der Waals surface area contributed by atoms with Gasteiger partial charge in [0.25, 0.3) is 0 Å². The number of furan rings is 1. The van der Waals surface area contributed by atoms with Crippen molar-refractivity contribution in [1.29, 1.82) is 0 Å². The van der Waals surface area contributed by atoms with E-state index in [-0.39, 0.29) is 71.6 Å². The Labute approximate surface area is 457 Å². The molecule has 0 aliphatic carbocycles. The van der Waals surface area contributed by atoms with Crippen molar-refractivity contribution >= 4 is 16.7 Å². The molecule has 0 spiro atoms. The van der Waals surface area contributed by atoms with Gasteiger partial charge in [-0.3, -0.25) is 0 Å². The van der Waals surface area contributed by atoms with Crippen LogP contribution in [0, 0.1) is 35.5 Å². The molecule has 0 aliphatic rings. The summed E-state index contributed by atoms with van der Waals surface area (Å²) in [7, 11) is 5.72. The Morgan fingerprint density at radius 2 is 0.770 bits per heavy atom. The zero-order valence-corrected chi connectivity index (χ0v) is 45.8. The fraction of sp³-hybridized carbons (Fsp3) is 0.522. The van der Waals surface area contributed by atoms with Gasteiger partial charge in [-0.2, -0.15) is 0 Å². The lowest BCUT2D eigenvalue weighted by Gasteiger charge is -2.20. The monoisotopic (exact) mass is 1030 g/mol. The van der Waals surface area contributed by atoms with Crippen molar-refractivity contribution in [2.45, 2.75) is 168 Å². The van der Waals surface area contributed by atoms with Crippen molar-refractivity contribution in [3.8, 4) is 28.7 Å². The number of nitrogens with zero attached hydrogens (tertiary/aromatic N) is 1. The van der Waals surface area contributed by atoms with Gasteiger partial charge < -0.3 is 33.0 Å². The van der Waals surface area contributed by atoms with Crippen LogP contribution < -0.4 is 28.6 Å². The third-order valence-electron chi connectivity index (χ3n) is 9.40. The molecule has 0 atom stereocenters. The summed E-state index contributed by atoms with van der Waals surface area (Å²) in [5, 5.41) is 1.10. The van der Waals surface area contributed by atoms with Gasteiger partial charge in [-0.25, -0.2) is 0 Å². The van der Waals surface area contributed by atoms with Crippen molar-refractivity contribution in [2.24, 2.45) is 21.7 Å². The molecule has 0 saturated heterocycles. The Morgan fingerprint density at radius 1 is 0.405 bits per heavy atom. The lowest BCUT2D eigenvalue weighted by Crippen LogP contribution is -2.17. The number of hydrogen-bond donors (Lipinski definition) is 0. The number of rotatable bonds is 10. The third kappa shape index (κ3) is 33.3. The van der Waals surface area contributed by atoms with Crippen molar-refractivity contribution in [3.05, 3.63) is 144 Å². The third-order valence-corrected chi connectivity index (χ3v) is 9.40. The standard InChI is InChI=1S/C13H21NO.C13H16O2.2C12H18O.C11H16O.6CH4/c1-13(2,3)10-15-12-8-6-7-11(9-12)14(4)5;1-13(2,3)11-8-9-6-5-7-10(14-4)12(9)15-11;2*1-10-7-5-6-8-11(10)13-9-12(2,3)4;1-11(2,3)9-12-10-7-5-4-6-8-10;;;;;;/h6-9H,10H2,1-5H3;5-8H,1-4H3;2*5-8H,9H2,1-4H3;4-8H,9H2,1-3H3;6*1H4. The quantitative estimate of drug-likeness (QED) is 0.135. The van der Waals surface area contributed by atoms with E-state index in [4.69, 9.17) is 28.1 Å². The summed E-state index contributed by atoms with van der Waals surface area (Å²) < 4.78 is 33.8. The number of ether oxygens (including phenoxy) is 5. The van der Waals surface area contributed by atoms with Gasteiger partial charge >= 0.3 is 0 Å². The highest BCUT2D eigenvalue weighted by Crippen LogP contribution is 2.34. The molecule has 6 rings (SSSR count). The lowest BCUT2D eigenvalue weighted by atomic mass is 9.93. The minimum Gasteiger partial charge on any atom is -0.493 e. The Morgan fingerprint density at radius 3 is 1.16 bits per heavy atom. The van der Waals surface area contributed by atoms with Gasteiger partial charge in [-0.05, 0) is 95.2 Å². The van der Waals surface area contributed by atoms with Crippen molar-refractivity contribution in [2.75, 3.05) is 52.5 Å². The summed E-state index contributed by atoms with van der Waals surface area (Å²) in [5.41, 5.74) is 5.32. The van der Waals surface area contributed by atoms with E-state index in [0.29, 0.717) is 0 Å². The summed E-state index contributed by atoms with van der Waals surface area (Å²) in [5.74, 6) is 5.67. The number of hydrogen-bond acceptors (Lipinski definition) is 7. The van der Waals surface area contributed by atoms with Gasteiger partial charge in [0.05, 0.1) is 33.5 Å². The topological polar surface area (TPSA) is 62.5 Å². The van der Waals surface area contributed by atoms with Crippen LogP contribution >= 0.6 is 0 Å². The molecular weight excluding hydrogens is 915 g/mol. The van der Waals surface area contributed by atoms with E-state index in [1.54, 1.807) is 7.11 Å². The molecule has 422 valence electrons. The van der Waals surface area contributed by atoms with Crippen molar-refractivity contribution in [3.63, 3.8) is 0 Å². The van der Waals surface area contributed by atoms with E-state index in [2.05, 4.69) is 153 Å². The summed E-state index contributed by atoms with van der Waals surface area (Å²) >= 11 is 0. The van der Waals surface area contributed by atoms with Crippen LogP contribution in [0.1, 0.15) is 165 Å². The highest BCUT2D eigenvalue weighted by atomic mass is 16.5. The first-order valence-corrected chi connectivity index (χ1v) is 24.0. The van der Waals surface area contributed by atoms with E-state index in [9.17, 15) is 0 Å². The lowest BCUT2D eigenvalue weighted by molar-refractivity contribution is 0.197. The normalized spacial score (nSPS) is 10.5. The number of anilines is 1. The fourth-order valence-electron chi connectivity index (χ4n) is 5.56. The highest BCUT2D eigenvalue weighted by molar-refractivity contribution is 5.83. The SMILES string of the molecule is C.C.C.C.C.C.CC(C)(C)COc1ccccc1.CN(C)c1cccc(OCC(C)(C)C)c1.COc1cccc2cc(C(C)(C)C)oc12.Cc1ccccc1OCC(C)(C)C.Cc1ccccc1OCC(C)(C)C. The molecule has 0 amide bonds. The average Bonchev–Trinajstić information content (AvgIpc) is 3.71. The number of benzene rings is 5. The first-order chi connectivity index (χ1) is 31.5. The van der Waals surface area contributed by atoms with Gasteiger partial charge in [0.1, 0.15) is 28.8 Å². The van der Waals surface area contributed by atoms with Gasteiger partial charge in [-0.15, -0.1) is 0 Å². The van der Waals surface area contributed by atoms with Crippen LogP contribution in [0.4, 0.5) is 5.69 Å². The van der Waals surface area contributed by atoms with Crippen LogP contribution in [0.25, 0.3) is 11.0 Å². The first kappa shape index (κ1) is 77.3. The highest BCUT2D eigenvalue weighted by Gasteiger charge is 2.20. The smallest absolute Gasteiger partial charge is 0.176 e. The maximum absolute atomic E-state index is 5.83. The summed E-state index contributed by atoms with van der Waals surface area (Å²) in [4.78, 5) is 2.07. The van der Waals surface area contributed by atoms with Gasteiger partial charge in [0.2, 0.25) is 0 Å². The maximum atomic E-state index is 5.83. The number of para-hydroxylation sites is 4. The minimum atomic E-state index is 0. The molecule has 6 aromatic rings. The fourth-order valence-corrected chi connectivity index (χ4v) is 5.56. The molecule has 0 radical (unpaired) electrons. The van der Waals surface area contributed by atoms with Crippen molar-refractivity contribution < 1.29 is 28.1 Å². The minimum absolute atomic E-state index is 0. The second-order valence-corrected chi connectivity index (χ2v) is 23.4. The van der Waals surface area contributed by atoms with Gasteiger partial charge in [0.15, 0.2) is 11.3 Å². The molecule has 0 N–H and O–H groups in total. The molecule has 0 aliphatic heterocycles. The molecule has 0 saturated carbocycles. The van der Waals surface area contributed by atoms with E-state index in [0.717, 1.165) is 71.9 Å². The molecule has 74 heavy (non-hydrogen) atoms. The number of fused-ring (bicyclic) bond motifs is 1. The predicted octanol–water partition coefficient (Wildman–Crippen LogP) is 20.7. The zero-order chi connectivity index (χ0) is 51.3. The first-order valence-electron chi connectivity index (χ1n) is 24.0. The molecule has 0 bridgehead atoms. The van der Waals surface area contributed by atoms with Crippen LogP contribution in [-0.4, -0.2) is 47.6 Å². The predicted molar refractivity (Wildman–Crippen MR) is 331 cm³/mol. The van der Waals surface area contributed by atoms with Crippen LogP contribution in [0.5, 0.6) is 28.7 Å². The average molecular weight is 1030 g/mol. The molecular formula is C67H113NO6. The second-order valence-electron chi connectivity index (χ2n) is 23.4. The Kier molecular flexibility index (Phi) is 37.2. The summed E-state index contributed by atoms with van der Waals surface area (Å²) in [6.07, 6.45) is 0. The van der Waals surface area contributed by atoms with Gasteiger partial charge in [0, 0.05) is 36.7 Å². The zero-order valence-electron chi connectivity index (χ0n) is 45.8. The largest absolute Gasteiger partial charge is 0.493 e. The molecule has 1 aromatic heterocycles. The second kappa shape index (κ2) is 35.6. The Hall–Kier alpha value is -5.56. The van der Waals surface area contributed by atoms with E-state index in [1.165, 1.54) is 16.8 Å². The molecule has 5 aromatic carbocycles. The van der Waals surface area contributed by atoms with E-state index in [1.807, 2.05) is 111 Å². The van der Waals surface area contributed by atoms with Crippen LogP contribution in [0.3, 0.4) is 0 Å². The van der Waals surface area contributed by atoms with Crippen LogP contribution in [0.15, 0.2) is 132 Å². The Balaban J connectivity index is -0.000000263. The Bertz CT molecular complexity index is 2250. The van der Waals surface area contributed by atoms with Gasteiger partial charge in [-0.1, -0.05) is 221 Å². The van der Waals surface area contributed by atoms with Crippen LogP contribution in [0.2, 0.25) is 0 Å². The number of methoxy groups -OCH3 is 1. The summed E-state index contributed by atoms with van der Waals surface area (Å²) in [6, 6.07) is 42.3. The van der Waals surface area contributed by atoms with Crippen LogP contribution in [-0.2, 0) is 5.41 Å². The molecule has 0 unspecified atom stereocenters. The molecule has 0 fully saturated rings. The summed E-state index contributed by atoms with van der Waals surface area (Å²) in [6.45, 7) is 39.6. The van der Waals surface area contributed by atoms with Crippen molar-refractivity contribution in [1.82, 2.24) is 0 Å².